The molecule has 1 heterocycles. The highest BCUT2D eigenvalue weighted by molar-refractivity contribution is 5.91. The molecule has 1 aliphatic carbocycles. The van der Waals surface area contributed by atoms with E-state index in [9.17, 15) is 9.18 Å². The summed E-state index contributed by atoms with van der Waals surface area (Å²) < 4.78 is 15.6. The fourth-order valence-electron chi connectivity index (χ4n) is 3.32. The van der Waals surface area contributed by atoms with E-state index in [1.165, 1.54) is 10.7 Å². The summed E-state index contributed by atoms with van der Waals surface area (Å²) in [6.07, 6.45) is 3.82. The van der Waals surface area contributed by atoms with Gasteiger partial charge in [-0.3, -0.25) is 4.79 Å². The Balaban J connectivity index is 0.00000243. The Morgan fingerprint density at radius 2 is 2.00 bits per heavy atom. The van der Waals surface area contributed by atoms with Crippen LogP contribution in [0.5, 0.6) is 0 Å². The maximum atomic E-state index is 14.2. The number of rotatable bonds is 5. The van der Waals surface area contributed by atoms with Gasteiger partial charge in [0.1, 0.15) is 17.3 Å². The first-order valence-electron chi connectivity index (χ1n) is 8.70. The van der Waals surface area contributed by atoms with E-state index in [0.717, 1.165) is 25.7 Å². The minimum absolute atomic E-state index is 0. The summed E-state index contributed by atoms with van der Waals surface area (Å²) in [7, 11) is 0. The van der Waals surface area contributed by atoms with Gasteiger partial charge in [-0.05, 0) is 25.0 Å². The quantitative estimate of drug-likeness (QED) is 0.833. The van der Waals surface area contributed by atoms with E-state index < -0.39 is 5.82 Å². The summed E-state index contributed by atoms with van der Waals surface area (Å²) in [5.74, 6) is -0.182. The van der Waals surface area contributed by atoms with Gasteiger partial charge in [0.15, 0.2) is 0 Å². The van der Waals surface area contributed by atoms with Gasteiger partial charge in [-0.15, -0.1) is 17.5 Å². The summed E-state index contributed by atoms with van der Waals surface area (Å²) >= 11 is 0. The molecule has 1 aromatic heterocycles. The van der Waals surface area contributed by atoms with Gasteiger partial charge >= 0.3 is 0 Å². The predicted molar refractivity (Wildman–Crippen MR) is 100 cm³/mol. The van der Waals surface area contributed by atoms with Crippen LogP contribution in [0, 0.1) is 5.82 Å². The van der Waals surface area contributed by atoms with E-state index in [1.807, 2.05) is 13.8 Å². The SMILES string of the molecule is CC(C)c1nc(C(=O)NC2(CN)CCCC2)nn1-c1ccccc1F.Cl. The molecule has 1 amide bonds. The highest BCUT2D eigenvalue weighted by atomic mass is 35.5. The molecule has 3 rings (SSSR count). The van der Waals surface area contributed by atoms with Crippen LogP contribution in [-0.2, 0) is 0 Å². The molecule has 0 unspecified atom stereocenters. The van der Waals surface area contributed by atoms with Gasteiger partial charge < -0.3 is 11.1 Å². The number of halogens is 2. The van der Waals surface area contributed by atoms with Crippen LogP contribution in [0.2, 0.25) is 0 Å². The molecular formula is C18H25ClFN5O. The Morgan fingerprint density at radius 1 is 1.35 bits per heavy atom. The number of nitrogens with two attached hydrogens (primary N) is 1. The Hall–Kier alpha value is -1.99. The number of hydrogen-bond donors (Lipinski definition) is 2. The topological polar surface area (TPSA) is 85.8 Å². The first kappa shape index (κ1) is 20.3. The van der Waals surface area contributed by atoms with E-state index in [-0.39, 0.29) is 41.3 Å². The van der Waals surface area contributed by atoms with Gasteiger partial charge in [-0.1, -0.05) is 38.8 Å². The Bertz CT molecular complexity index is 771. The number of aromatic nitrogens is 3. The average molecular weight is 382 g/mol. The van der Waals surface area contributed by atoms with E-state index in [0.29, 0.717) is 12.4 Å². The van der Waals surface area contributed by atoms with Gasteiger partial charge in [0, 0.05) is 12.5 Å². The highest BCUT2D eigenvalue weighted by Crippen LogP contribution is 2.29. The van der Waals surface area contributed by atoms with Gasteiger partial charge in [0.25, 0.3) is 5.91 Å². The molecule has 0 aliphatic heterocycles. The molecule has 1 fully saturated rings. The number of nitrogens with zero attached hydrogens (tertiary/aromatic N) is 3. The standard InChI is InChI=1S/C18H24FN5O.ClH/c1-12(2)16-21-15(17(25)22-18(11-20)9-5-6-10-18)23-24(16)14-8-4-3-7-13(14)19;/h3-4,7-8,12H,5-6,9-11,20H2,1-2H3,(H,22,25);1H. The summed E-state index contributed by atoms with van der Waals surface area (Å²) in [4.78, 5) is 17.0. The molecule has 0 bridgehead atoms. The fourth-order valence-corrected chi connectivity index (χ4v) is 3.32. The van der Waals surface area contributed by atoms with E-state index in [4.69, 9.17) is 5.73 Å². The number of nitrogens with one attached hydrogen (secondary N) is 1. The maximum absolute atomic E-state index is 14.2. The van der Waals surface area contributed by atoms with Crippen molar-refractivity contribution in [2.45, 2.75) is 51.0 Å². The second kappa shape index (κ2) is 8.14. The smallest absolute Gasteiger partial charge is 0.291 e. The Morgan fingerprint density at radius 3 is 2.58 bits per heavy atom. The van der Waals surface area contributed by atoms with Crippen molar-refractivity contribution >= 4 is 18.3 Å². The number of carbonyl (C=O) groups excluding carboxylic acids is 1. The number of carbonyl (C=O) groups is 1. The van der Waals surface area contributed by atoms with Crippen LogP contribution in [0.25, 0.3) is 5.69 Å². The first-order valence-corrected chi connectivity index (χ1v) is 8.70. The molecule has 0 spiro atoms. The Labute approximate surface area is 158 Å². The molecule has 0 atom stereocenters. The molecule has 3 N–H and O–H groups in total. The first-order chi connectivity index (χ1) is 12.0. The number of para-hydroxylation sites is 1. The van der Waals surface area contributed by atoms with Crippen LogP contribution in [0.1, 0.15) is 61.9 Å². The normalized spacial score (nSPS) is 15.7. The molecule has 1 saturated carbocycles. The summed E-state index contributed by atoms with van der Waals surface area (Å²) in [5.41, 5.74) is 5.79. The van der Waals surface area contributed by atoms with Crippen molar-refractivity contribution in [1.82, 2.24) is 20.1 Å². The van der Waals surface area contributed by atoms with Crippen molar-refractivity contribution in [1.29, 1.82) is 0 Å². The third-order valence-electron chi connectivity index (χ3n) is 4.76. The molecule has 0 radical (unpaired) electrons. The lowest BCUT2D eigenvalue weighted by Crippen LogP contribution is -2.51. The van der Waals surface area contributed by atoms with Crippen molar-refractivity contribution in [3.05, 3.63) is 41.7 Å². The third-order valence-corrected chi connectivity index (χ3v) is 4.76. The molecule has 8 heteroatoms. The second-order valence-electron chi connectivity index (χ2n) is 6.96. The molecule has 26 heavy (non-hydrogen) atoms. The predicted octanol–water partition coefficient (Wildman–Crippen LogP) is 2.95. The van der Waals surface area contributed by atoms with Crippen LogP contribution >= 0.6 is 12.4 Å². The number of hydrogen-bond acceptors (Lipinski definition) is 4. The zero-order valence-electron chi connectivity index (χ0n) is 15.0. The molecule has 0 saturated heterocycles. The van der Waals surface area contributed by atoms with Crippen molar-refractivity contribution in [3.8, 4) is 5.69 Å². The van der Waals surface area contributed by atoms with Crippen LogP contribution in [0.4, 0.5) is 4.39 Å². The van der Waals surface area contributed by atoms with E-state index in [1.54, 1.807) is 18.2 Å². The highest BCUT2D eigenvalue weighted by Gasteiger charge is 2.35. The van der Waals surface area contributed by atoms with Gasteiger partial charge in [0.2, 0.25) is 5.82 Å². The van der Waals surface area contributed by atoms with Crippen molar-refractivity contribution in [2.24, 2.45) is 5.73 Å². The third kappa shape index (κ3) is 3.88. The molecule has 6 nitrogen and oxygen atoms in total. The summed E-state index contributed by atoms with van der Waals surface area (Å²) in [6.45, 7) is 4.26. The summed E-state index contributed by atoms with van der Waals surface area (Å²) in [6, 6.07) is 6.33. The van der Waals surface area contributed by atoms with Gasteiger partial charge in [0.05, 0.1) is 5.54 Å². The molecule has 142 valence electrons. The van der Waals surface area contributed by atoms with Crippen molar-refractivity contribution in [3.63, 3.8) is 0 Å². The zero-order valence-corrected chi connectivity index (χ0v) is 15.9. The van der Waals surface area contributed by atoms with Gasteiger partial charge in [-0.2, -0.15) is 0 Å². The number of amides is 1. The summed E-state index contributed by atoms with van der Waals surface area (Å²) in [5, 5.41) is 7.29. The van der Waals surface area contributed by atoms with Crippen molar-refractivity contribution < 1.29 is 9.18 Å². The molecule has 1 aromatic carbocycles. The van der Waals surface area contributed by atoms with Crippen molar-refractivity contribution in [2.75, 3.05) is 6.54 Å². The molecule has 1 aliphatic rings. The Kier molecular flexibility index (Phi) is 6.36. The zero-order chi connectivity index (χ0) is 18.0. The fraction of sp³-hybridized carbons (Fsp3) is 0.500. The van der Waals surface area contributed by atoms with E-state index in [2.05, 4.69) is 15.4 Å². The van der Waals surface area contributed by atoms with Crippen LogP contribution in [0.15, 0.2) is 24.3 Å². The largest absolute Gasteiger partial charge is 0.343 e. The van der Waals surface area contributed by atoms with E-state index >= 15 is 0 Å². The number of benzene rings is 1. The van der Waals surface area contributed by atoms with Crippen LogP contribution in [0.3, 0.4) is 0 Å². The van der Waals surface area contributed by atoms with Crippen LogP contribution < -0.4 is 11.1 Å². The molecule has 2 aromatic rings. The van der Waals surface area contributed by atoms with Crippen LogP contribution in [-0.4, -0.2) is 32.8 Å². The van der Waals surface area contributed by atoms with Gasteiger partial charge in [-0.25, -0.2) is 14.1 Å². The minimum atomic E-state index is -0.407. The lowest BCUT2D eigenvalue weighted by atomic mass is 9.98. The monoisotopic (exact) mass is 381 g/mol. The maximum Gasteiger partial charge on any atom is 0.291 e. The minimum Gasteiger partial charge on any atom is -0.343 e. The second-order valence-corrected chi connectivity index (χ2v) is 6.96. The average Bonchev–Trinajstić information content (AvgIpc) is 3.23. The lowest BCUT2D eigenvalue weighted by Gasteiger charge is -2.27. The lowest BCUT2D eigenvalue weighted by molar-refractivity contribution is 0.0892. The molecular weight excluding hydrogens is 357 g/mol.